The third-order valence-electron chi connectivity index (χ3n) is 3.15. The summed E-state index contributed by atoms with van der Waals surface area (Å²) in [5, 5.41) is 9.01. The molecule has 0 aromatic heterocycles. The lowest BCUT2D eigenvalue weighted by molar-refractivity contribution is -0.127. The molecule has 0 saturated heterocycles. The number of aliphatic hydroxyl groups is 1. The topological polar surface area (TPSA) is 83.9 Å². The number of benzene rings is 1. The standard InChI is InChI=1S/C13H15NO5S/c1-2-14(5-6-15)10-4-3-9-7-12(20(17)18)13(16)19-11(9)8-10/h3-4,8,15H,2,5-7H2,1H3. The molecule has 0 saturated carbocycles. The van der Waals surface area contributed by atoms with Crippen molar-refractivity contribution >= 4 is 26.8 Å². The number of anilines is 1. The van der Waals surface area contributed by atoms with Crippen molar-refractivity contribution in [2.24, 2.45) is 0 Å². The summed E-state index contributed by atoms with van der Waals surface area (Å²) in [5.41, 5.74) is 1.48. The van der Waals surface area contributed by atoms with Gasteiger partial charge in [-0.05, 0) is 13.0 Å². The zero-order chi connectivity index (χ0) is 14.7. The molecule has 20 heavy (non-hydrogen) atoms. The number of hydrogen-bond acceptors (Lipinski definition) is 6. The molecule has 2 rings (SSSR count). The molecule has 108 valence electrons. The Morgan fingerprint density at radius 1 is 1.40 bits per heavy atom. The van der Waals surface area contributed by atoms with Crippen LogP contribution < -0.4 is 9.64 Å². The van der Waals surface area contributed by atoms with Gasteiger partial charge in [-0.25, -0.2) is 4.79 Å². The summed E-state index contributed by atoms with van der Waals surface area (Å²) in [7, 11) is -2.56. The predicted octanol–water partition coefficient (Wildman–Crippen LogP) is 0.0182. The lowest BCUT2D eigenvalue weighted by Crippen LogP contribution is -2.29. The Labute approximate surface area is 118 Å². The van der Waals surface area contributed by atoms with E-state index in [1.54, 1.807) is 12.1 Å². The van der Waals surface area contributed by atoms with E-state index in [9.17, 15) is 13.2 Å². The van der Waals surface area contributed by atoms with Gasteiger partial charge in [0.1, 0.15) is 5.75 Å². The van der Waals surface area contributed by atoms with Crippen LogP contribution in [0.2, 0.25) is 0 Å². The van der Waals surface area contributed by atoms with Crippen molar-refractivity contribution in [3.8, 4) is 5.75 Å². The number of nitrogens with zero attached hydrogens (tertiary/aromatic N) is 1. The Hall–Kier alpha value is -1.86. The number of rotatable bonds is 4. The SMILES string of the molecule is CCN(CCO)c1ccc2c(c1)OC(=O)C(=S(=O)=O)C2. The lowest BCUT2D eigenvalue weighted by Gasteiger charge is -2.24. The van der Waals surface area contributed by atoms with Crippen LogP contribution in [0.25, 0.3) is 0 Å². The molecule has 0 bridgehead atoms. The summed E-state index contributed by atoms with van der Waals surface area (Å²) in [6.07, 6.45) is 0.0523. The number of carbonyl (C=O) groups excluding carboxylic acids is 1. The minimum atomic E-state index is -2.56. The first-order chi connectivity index (χ1) is 9.56. The van der Waals surface area contributed by atoms with E-state index in [-0.39, 0.29) is 17.9 Å². The molecule has 1 heterocycles. The van der Waals surface area contributed by atoms with Crippen LogP contribution >= 0.6 is 0 Å². The van der Waals surface area contributed by atoms with Crippen LogP contribution in [0.5, 0.6) is 5.75 Å². The molecule has 6 nitrogen and oxygen atoms in total. The maximum absolute atomic E-state index is 11.6. The lowest BCUT2D eigenvalue weighted by atomic mass is 10.1. The average molecular weight is 297 g/mol. The molecule has 0 amide bonds. The highest BCUT2D eigenvalue weighted by atomic mass is 32.2. The number of likely N-dealkylation sites (N-methyl/N-ethyl adjacent to an activating group) is 1. The van der Waals surface area contributed by atoms with Gasteiger partial charge in [0.05, 0.1) is 6.61 Å². The van der Waals surface area contributed by atoms with Crippen LogP contribution in [0.1, 0.15) is 12.5 Å². The highest BCUT2D eigenvalue weighted by molar-refractivity contribution is 7.74. The molecule has 0 aliphatic carbocycles. The molecule has 0 unspecified atom stereocenters. The first kappa shape index (κ1) is 14.5. The highest BCUT2D eigenvalue weighted by Gasteiger charge is 2.25. The predicted molar refractivity (Wildman–Crippen MR) is 74.7 cm³/mol. The van der Waals surface area contributed by atoms with Crippen molar-refractivity contribution in [2.75, 3.05) is 24.6 Å². The molecule has 0 radical (unpaired) electrons. The van der Waals surface area contributed by atoms with Crippen LogP contribution in [-0.4, -0.2) is 44.1 Å². The summed E-state index contributed by atoms with van der Waals surface area (Å²) in [6.45, 7) is 3.16. The van der Waals surface area contributed by atoms with Crippen LogP contribution in [-0.2, 0) is 21.5 Å². The smallest absolute Gasteiger partial charge is 0.355 e. The van der Waals surface area contributed by atoms with Crippen molar-refractivity contribution in [3.05, 3.63) is 23.8 Å². The number of esters is 1. The molecule has 7 heteroatoms. The average Bonchev–Trinajstić information content (AvgIpc) is 2.43. The van der Waals surface area contributed by atoms with Gasteiger partial charge in [-0.2, -0.15) is 8.42 Å². The van der Waals surface area contributed by atoms with Gasteiger partial charge in [-0.15, -0.1) is 0 Å². The normalized spacial score (nSPS) is 13.7. The number of carbonyl (C=O) groups is 1. The summed E-state index contributed by atoms with van der Waals surface area (Å²) in [6, 6.07) is 5.25. The van der Waals surface area contributed by atoms with Gasteiger partial charge < -0.3 is 14.7 Å². The summed E-state index contributed by atoms with van der Waals surface area (Å²) >= 11 is 0. The van der Waals surface area contributed by atoms with E-state index >= 15 is 0 Å². The highest BCUT2D eigenvalue weighted by Crippen LogP contribution is 2.29. The fraction of sp³-hybridized carbons (Fsp3) is 0.385. The molecule has 1 aromatic rings. The molecule has 0 atom stereocenters. The third kappa shape index (κ3) is 2.83. The van der Waals surface area contributed by atoms with Gasteiger partial charge in [0.2, 0.25) is 10.3 Å². The van der Waals surface area contributed by atoms with Crippen molar-refractivity contribution in [1.29, 1.82) is 0 Å². The van der Waals surface area contributed by atoms with Crippen LogP contribution in [0.3, 0.4) is 0 Å². The molecular weight excluding hydrogens is 282 g/mol. The van der Waals surface area contributed by atoms with E-state index in [1.807, 2.05) is 17.9 Å². The van der Waals surface area contributed by atoms with Crippen LogP contribution in [0, 0.1) is 0 Å². The second kappa shape index (κ2) is 6.06. The fourth-order valence-electron chi connectivity index (χ4n) is 2.10. The molecule has 1 aliphatic heterocycles. The first-order valence-corrected chi connectivity index (χ1v) is 7.30. The van der Waals surface area contributed by atoms with Gasteiger partial charge >= 0.3 is 5.97 Å². The quantitative estimate of drug-likeness (QED) is 0.479. The summed E-state index contributed by atoms with van der Waals surface area (Å²) in [4.78, 5) is 13.2. The van der Waals surface area contributed by atoms with E-state index in [2.05, 4.69) is 0 Å². The van der Waals surface area contributed by atoms with E-state index in [1.165, 1.54) is 0 Å². The Kier molecular flexibility index (Phi) is 4.41. The Morgan fingerprint density at radius 2 is 2.15 bits per heavy atom. The molecule has 1 aliphatic rings. The van der Waals surface area contributed by atoms with E-state index in [0.717, 1.165) is 5.69 Å². The van der Waals surface area contributed by atoms with Crippen molar-refractivity contribution < 1.29 is 23.1 Å². The van der Waals surface area contributed by atoms with Gasteiger partial charge in [0.25, 0.3) is 0 Å². The molecule has 1 aromatic carbocycles. The second-order valence-corrected chi connectivity index (χ2v) is 5.28. The van der Waals surface area contributed by atoms with Crippen molar-refractivity contribution in [1.82, 2.24) is 0 Å². The maximum atomic E-state index is 11.6. The molecule has 0 fully saturated rings. The largest absolute Gasteiger partial charge is 0.422 e. The summed E-state index contributed by atoms with van der Waals surface area (Å²) in [5.74, 6) is -0.453. The van der Waals surface area contributed by atoms with Gasteiger partial charge in [0.15, 0.2) is 4.86 Å². The monoisotopic (exact) mass is 297 g/mol. The van der Waals surface area contributed by atoms with E-state index in [0.29, 0.717) is 24.4 Å². The Bertz CT molecular complexity index is 657. The van der Waals surface area contributed by atoms with E-state index < -0.39 is 16.3 Å². The minimum Gasteiger partial charge on any atom is -0.422 e. The Morgan fingerprint density at radius 3 is 2.75 bits per heavy atom. The zero-order valence-corrected chi connectivity index (χ0v) is 11.8. The van der Waals surface area contributed by atoms with Crippen molar-refractivity contribution in [2.45, 2.75) is 13.3 Å². The first-order valence-electron chi connectivity index (χ1n) is 6.22. The van der Waals surface area contributed by atoms with Gasteiger partial charge in [-0.1, -0.05) is 6.07 Å². The zero-order valence-electron chi connectivity index (χ0n) is 11.0. The Balaban J connectivity index is 2.37. The maximum Gasteiger partial charge on any atom is 0.355 e. The van der Waals surface area contributed by atoms with Gasteiger partial charge in [-0.3, -0.25) is 0 Å². The number of fused-ring (bicyclic) bond motifs is 1. The number of aliphatic hydroxyl groups excluding tert-OH is 1. The second-order valence-electron chi connectivity index (χ2n) is 4.32. The fourth-order valence-corrected chi connectivity index (χ4v) is 2.55. The van der Waals surface area contributed by atoms with E-state index in [4.69, 9.17) is 9.84 Å². The molecule has 0 spiro atoms. The van der Waals surface area contributed by atoms with Gasteiger partial charge in [0, 0.05) is 36.8 Å². The summed E-state index contributed by atoms with van der Waals surface area (Å²) < 4.78 is 26.9. The number of ether oxygens (including phenoxy) is 1. The minimum absolute atomic E-state index is 0.0256. The van der Waals surface area contributed by atoms with Crippen LogP contribution in [0.4, 0.5) is 5.69 Å². The molecule has 1 N–H and O–H groups in total. The third-order valence-corrected chi connectivity index (χ3v) is 3.86. The number of hydrogen-bond donors (Lipinski definition) is 1. The van der Waals surface area contributed by atoms with Crippen molar-refractivity contribution in [3.63, 3.8) is 0 Å². The van der Waals surface area contributed by atoms with Crippen LogP contribution in [0.15, 0.2) is 18.2 Å². The molecular formula is C13H15NO5S.